The summed E-state index contributed by atoms with van der Waals surface area (Å²) in [5, 5.41) is 6.85. The number of rotatable bonds is 9. The molecule has 166 valence electrons. The van der Waals surface area contributed by atoms with Gasteiger partial charge in [0.05, 0.1) is 14.2 Å². The Hall–Kier alpha value is -1.26. The molecule has 0 amide bonds. The van der Waals surface area contributed by atoms with E-state index in [1.165, 1.54) is 31.7 Å². The fourth-order valence-corrected chi connectivity index (χ4v) is 3.39. The zero-order valence-corrected chi connectivity index (χ0v) is 20.9. The molecule has 2 rings (SSSR count). The Morgan fingerprint density at radius 1 is 1.10 bits per heavy atom. The Balaban J connectivity index is 0.00000420. The van der Waals surface area contributed by atoms with Crippen molar-refractivity contribution in [3.8, 4) is 11.5 Å². The number of nitrogens with one attached hydrogen (secondary N) is 2. The smallest absolute Gasteiger partial charge is 0.190 e. The summed E-state index contributed by atoms with van der Waals surface area (Å²) >= 11 is 0. The third kappa shape index (κ3) is 8.96. The van der Waals surface area contributed by atoms with E-state index in [9.17, 15) is 0 Å². The van der Waals surface area contributed by atoms with Crippen molar-refractivity contribution >= 4 is 29.9 Å². The van der Waals surface area contributed by atoms with E-state index >= 15 is 0 Å². The molecule has 2 N–H and O–H groups in total. The van der Waals surface area contributed by atoms with Gasteiger partial charge in [-0.05, 0) is 37.1 Å². The van der Waals surface area contributed by atoms with Gasteiger partial charge in [-0.15, -0.1) is 24.0 Å². The van der Waals surface area contributed by atoms with Crippen molar-refractivity contribution in [3.63, 3.8) is 0 Å². The van der Waals surface area contributed by atoms with Crippen molar-refractivity contribution in [2.24, 2.45) is 10.9 Å². The second-order valence-electron chi connectivity index (χ2n) is 7.53. The third-order valence-electron chi connectivity index (χ3n) is 5.16. The molecule has 29 heavy (non-hydrogen) atoms. The van der Waals surface area contributed by atoms with Crippen LogP contribution < -0.4 is 20.1 Å². The van der Waals surface area contributed by atoms with Gasteiger partial charge in [0.2, 0.25) is 0 Å². The number of guanidine groups is 1. The molecule has 1 saturated heterocycles. The highest BCUT2D eigenvalue weighted by Gasteiger charge is 2.16. The van der Waals surface area contributed by atoms with E-state index in [-0.39, 0.29) is 24.0 Å². The van der Waals surface area contributed by atoms with Gasteiger partial charge < -0.3 is 29.9 Å². The van der Waals surface area contributed by atoms with E-state index in [1.807, 2.05) is 19.2 Å². The summed E-state index contributed by atoms with van der Waals surface area (Å²) in [6, 6.07) is 6.04. The van der Waals surface area contributed by atoms with Crippen LogP contribution in [0.25, 0.3) is 0 Å². The number of piperazine rings is 1. The van der Waals surface area contributed by atoms with Crippen molar-refractivity contribution in [3.05, 3.63) is 23.8 Å². The Morgan fingerprint density at radius 2 is 1.79 bits per heavy atom. The van der Waals surface area contributed by atoms with E-state index in [4.69, 9.17) is 9.47 Å². The molecular formula is C21H38IN5O2. The minimum Gasteiger partial charge on any atom is -0.493 e. The predicted molar refractivity (Wildman–Crippen MR) is 131 cm³/mol. The number of likely N-dealkylation sites (N-methyl/N-ethyl adjacent to an activating group) is 1. The highest BCUT2D eigenvalue weighted by molar-refractivity contribution is 14.0. The van der Waals surface area contributed by atoms with Crippen LogP contribution in [0.3, 0.4) is 0 Å². The van der Waals surface area contributed by atoms with Crippen LogP contribution in [0.2, 0.25) is 0 Å². The summed E-state index contributed by atoms with van der Waals surface area (Å²) in [5.74, 6) is 2.95. The second-order valence-corrected chi connectivity index (χ2v) is 7.53. The summed E-state index contributed by atoms with van der Waals surface area (Å²) in [4.78, 5) is 9.29. The normalized spacial score (nSPS) is 16.7. The maximum absolute atomic E-state index is 5.37. The first-order valence-electron chi connectivity index (χ1n) is 10.1. The minimum absolute atomic E-state index is 0. The first-order chi connectivity index (χ1) is 13.5. The predicted octanol–water partition coefficient (Wildman–Crippen LogP) is 1.91. The minimum atomic E-state index is 0. The topological polar surface area (TPSA) is 61.4 Å². The molecule has 1 atom stereocenters. The van der Waals surface area contributed by atoms with Crippen LogP contribution in [-0.2, 0) is 6.42 Å². The molecule has 1 aromatic rings. The first-order valence-corrected chi connectivity index (χ1v) is 10.1. The van der Waals surface area contributed by atoms with Gasteiger partial charge in [0.15, 0.2) is 17.5 Å². The molecule has 0 radical (unpaired) electrons. The van der Waals surface area contributed by atoms with E-state index in [0.717, 1.165) is 43.5 Å². The second kappa shape index (κ2) is 13.9. The fourth-order valence-electron chi connectivity index (χ4n) is 3.39. The number of benzene rings is 1. The van der Waals surface area contributed by atoms with Crippen LogP contribution in [0, 0.1) is 5.92 Å². The average molecular weight is 519 g/mol. The highest BCUT2D eigenvalue weighted by Crippen LogP contribution is 2.27. The molecule has 0 aliphatic carbocycles. The van der Waals surface area contributed by atoms with Crippen LogP contribution >= 0.6 is 24.0 Å². The van der Waals surface area contributed by atoms with Crippen LogP contribution in [0.15, 0.2) is 23.2 Å². The molecule has 1 fully saturated rings. The molecule has 1 aliphatic heterocycles. The van der Waals surface area contributed by atoms with Gasteiger partial charge in [0.1, 0.15) is 0 Å². The summed E-state index contributed by atoms with van der Waals surface area (Å²) in [5.41, 5.74) is 1.20. The summed E-state index contributed by atoms with van der Waals surface area (Å²) in [6.45, 7) is 9.81. The average Bonchev–Trinajstić information content (AvgIpc) is 2.72. The quantitative estimate of drug-likeness (QED) is 0.296. The highest BCUT2D eigenvalue weighted by atomic mass is 127. The van der Waals surface area contributed by atoms with Crippen LogP contribution in [0.5, 0.6) is 11.5 Å². The largest absolute Gasteiger partial charge is 0.493 e. The number of hydrogen-bond donors (Lipinski definition) is 2. The number of aliphatic imine (C=N–C) groups is 1. The molecule has 1 unspecified atom stereocenters. The van der Waals surface area contributed by atoms with Gasteiger partial charge in [0, 0.05) is 52.9 Å². The van der Waals surface area contributed by atoms with Gasteiger partial charge in [-0.3, -0.25) is 4.99 Å². The van der Waals surface area contributed by atoms with E-state index in [1.54, 1.807) is 14.2 Å². The lowest BCUT2D eigenvalue weighted by atomic mass is 10.1. The lowest BCUT2D eigenvalue weighted by Gasteiger charge is -2.34. The van der Waals surface area contributed by atoms with Gasteiger partial charge in [0.25, 0.3) is 0 Å². The zero-order chi connectivity index (χ0) is 20.4. The summed E-state index contributed by atoms with van der Waals surface area (Å²) in [6.07, 6.45) is 0.887. The van der Waals surface area contributed by atoms with E-state index in [2.05, 4.69) is 45.5 Å². The Kier molecular flexibility index (Phi) is 12.3. The summed E-state index contributed by atoms with van der Waals surface area (Å²) < 4.78 is 10.7. The van der Waals surface area contributed by atoms with Crippen molar-refractivity contribution in [1.29, 1.82) is 0 Å². The van der Waals surface area contributed by atoms with Crippen LogP contribution in [0.4, 0.5) is 0 Å². The van der Waals surface area contributed by atoms with Crippen LogP contribution in [0.1, 0.15) is 12.5 Å². The van der Waals surface area contributed by atoms with Gasteiger partial charge >= 0.3 is 0 Å². The van der Waals surface area contributed by atoms with Gasteiger partial charge in [-0.25, -0.2) is 0 Å². The zero-order valence-electron chi connectivity index (χ0n) is 18.5. The maximum atomic E-state index is 5.37. The molecule has 0 saturated carbocycles. The summed E-state index contributed by atoms with van der Waals surface area (Å²) in [7, 11) is 7.32. The third-order valence-corrected chi connectivity index (χ3v) is 5.16. The molecule has 7 nitrogen and oxygen atoms in total. The molecular weight excluding hydrogens is 481 g/mol. The van der Waals surface area contributed by atoms with Crippen molar-refractivity contribution in [2.45, 2.75) is 13.3 Å². The standard InChI is InChI=1S/C21H37N5O2.HI/c1-17(16-26-12-10-25(3)11-13-26)15-24-21(22-2)23-9-8-18-6-7-19(27-4)20(14-18)28-5;/h6-7,14,17H,8-13,15-16H2,1-5H3,(H2,22,23,24);1H. The molecule has 8 heteroatoms. The van der Waals surface area contributed by atoms with Crippen LogP contribution in [-0.4, -0.2) is 89.9 Å². The van der Waals surface area contributed by atoms with Crippen molar-refractivity contribution < 1.29 is 9.47 Å². The van der Waals surface area contributed by atoms with Crippen molar-refractivity contribution in [1.82, 2.24) is 20.4 Å². The van der Waals surface area contributed by atoms with E-state index < -0.39 is 0 Å². The Labute approximate surface area is 193 Å². The van der Waals surface area contributed by atoms with E-state index in [0.29, 0.717) is 5.92 Å². The molecule has 1 heterocycles. The number of halogens is 1. The number of hydrogen-bond acceptors (Lipinski definition) is 5. The molecule has 0 bridgehead atoms. The lowest BCUT2D eigenvalue weighted by molar-refractivity contribution is 0.139. The molecule has 0 aromatic heterocycles. The molecule has 0 spiro atoms. The van der Waals surface area contributed by atoms with Gasteiger partial charge in [-0.2, -0.15) is 0 Å². The maximum Gasteiger partial charge on any atom is 0.190 e. The van der Waals surface area contributed by atoms with Gasteiger partial charge in [-0.1, -0.05) is 13.0 Å². The Bertz CT molecular complexity index is 621. The monoisotopic (exact) mass is 519 g/mol. The lowest BCUT2D eigenvalue weighted by Crippen LogP contribution is -2.47. The Morgan fingerprint density at radius 3 is 2.41 bits per heavy atom. The fraction of sp³-hybridized carbons (Fsp3) is 0.667. The van der Waals surface area contributed by atoms with Crippen molar-refractivity contribution in [2.75, 3.05) is 74.1 Å². The SMILES string of the molecule is CN=C(NCCc1ccc(OC)c(OC)c1)NCC(C)CN1CCN(C)CC1.I. The number of methoxy groups -OCH3 is 2. The first kappa shape index (κ1) is 25.8. The molecule has 1 aromatic carbocycles. The number of ether oxygens (including phenoxy) is 2. The number of nitrogens with zero attached hydrogens (tertiary/aromatic N) is 3. The molecule has 1 aliphatic rings.